The molecular formula is C15H21ClN2OS. The van der Waals surface area contributed by atoms with Crippen molar-refractivity contribution in [3.63, 3.8) is 0 Å². The fraction of sp³-hybridized carbons (Fsp3) is 0.533. The zero-order valence-electron chi connectivity index (χ0n) is 12.1. The van der Waals surface area contributed by atoms with E-state index in [2.05, 4.69) is 11.6 Å². The normalized spacial score (nSPS) is 26.3. The van der Waals surface area contributed by atoms with Crippen LogP contribution in [0.5, 0.6) is 0 Å². The van der Waals surface area contributed by atoms with E-state index in [9.17, 15) is 4.79 Å². The lowest BCUT2D eigenvalue weighted by molar-refractivity contribution is -0.132. The molecule has 20 heavy (non-hydrogen) atoms. The van der Waals surface area contributed by atoms with Gasteiger partial charge in [-0.25, -0.2) is 0 Å². The highest BCUT2D eigenvalue weighted by atomic mass is 35.5. The molecule has 1 heterocycles. The number of halogens is 1. The average molecular weight is 313 g/mol. The second-order valence-corrected chi connectivity index (χ2v) is 6.70. The number of benzene rings is 1. The highest BCUT2D eigenvalue weighted by Crippen LogP contribution is 2.33. The van der Waals surface area contributed by atoms with Gasteiger partial charge in [0.05, 0.1) is 5.54 Å². The van der Waals surface area contributed by atoms with Crippen LogP contribution < -0.4 is 5.32 Å². The van der Waals surface area contributed by atoms with Crippen molar-refractivity contribution in [1.82, 2.24) is 10.2 Å². The van der Waals surface area contributed by atoms with Crippen LogP contribution in [-0.2, 0) is 4.79 Å². The van der Waals surface area contributed by atoms with E-state index in [1.807, 2.05) is 43.0 Å². The highest BCUT2D eigenvalue weighted by Gasteiger charge is 2.46. The van der Waals surface area contributed by atoms with Crippen LogP contribution in [0.1, 0.15) is 32.0 Å². The van der Waals surface area contributed by atoms with E-state index in [0.717, 1.165) is 24.3 Å². The molecule has 1 aromatic rings. The van der Waals surface area contributed by atoms with Gasteiger partial charge in [0.25, 0.3) is 0 Å². The Balaban J connectivity index is 2.28. The van der Waals surface area contributed by atoms with Crippen LogP contribution in [0.4, 0.5) is 0 Å². The molecule has 5 heteroatoms. The monoisotopic (exact) mass is 312 g/mol. The van der Waals surface area contributed by atoms with Gasteiger partial charge < -0.3 is 4.90 Å². The Labute approximate surface area is 130 Å². The molecule has 2 unspecified atom stereocenters. The number of carbonyl (C=O) groups is 1. The van der Waals surface area contributed by atoms with Crippen molar-refractivity contribution < 1.29 is 4.79 Å². The largest absolute Gasteiger partial charge is 0.320 e. The highest BCUT2D eigenvalue weighted by molar-refractivity contribution is 7.98. The van der Waals surface area contributed by atoms with E-state index in [4.69, 9.17) is 11.6 Å². The number of nitrogens with one attached hydrogen (secondary N) is 1. The van der Waals surface area contributed by atoms with Gasteiger partial charge in [0.15, 0.2) is 0 Å². The number of hydrogen-bond donors (Lipinski definition) is 1. The molecular weight excluding hydrogens is 292 g/mol. The fourth-order valence-corrected chi connectivity index (χ4v) is 2.96. The summed E-state index contributed by atoms with van der Waals surface area (Å²) in [4.78, 5) is 14.6. The summed E-state index contributed by atoms with van der Waals surface area (Å²) in [5.41, 5.74) is 0.615. The van der Waals surface area contributed by atoms with Crippen molar-refractivity contribution in [2.45, 2.75) is 32.0 Å². The molecule has 1 aromatic carbocycles. The third-order valence-electron chi connectivity index (χ3n) is 3.93. The summed E-state index contributed by atoms with van der Waals surface area (Å²) in [5, 5.41) is 4.20. The molecule has 1 N–H and O–H groups in total. The molecule has 1 amide bonds. The van der Waals surface area contributed by atoms with Crippen molar-refractivity contribution in [3.8, 4) is 0 Å². The second kappa shape index (κ2) is 6.37. The van der Waals surface area contributed by atoms with E-state index in [-0.39, 0.29) is 12.1 Å². The van der Waals surface area contributed by atoms with Crippen LogP contribution in [-0.4, -0.2) is 34.9 Å². The van der Waals surface area contributed by atoms with Gasteiger partial charge in [0, 0.05) is 17.3 Å². The van der Waals surface area contributed by atoms with Gasteiger partial charge in [0.2, 0.25) is 5.91 Å². The molecule has 110 valence electrons. The third-order valence-corrected chi connectivity index (χ3v) is 4.77. The number of hydrogen-bond acceptors (Lipinski definition) is 3. The topological polar surface area (TPSA) is 32.3 Å². The third kappa shape index (κ3) is 2.97. The smallest absolute Gasteiger partial charge is 0.244 e. The number of thioether (sulfide) groups is 1. The quantitative estimate of drug-likeness (QED) is 0.905. The lowest BCUT2D eigenvalue weighted by Gasteiger charge is -2.24. The Morgan fingerprint density at radius 2 is 2.05 bits per heavy atom. The molecule has 0 saturated carbocycles. The Kier molecular flexibility index (Phi) is 4.99. The second-order valence-electron chi connectivity index (χ2n) is 5.28. The molecule has 0 aliphatic carbocycles. The molecule has 1 aliphatic heterocycles. The summed E-state index contributed by atoms with van der Waals surface area (Å²) >= 11 is 7.70. The molecule has 0 aromatic heterocycles. The maximum Gasteiger partial charge on any atom is 0.244 e. The molecule has 2 rings (SSSR count). The van der Waals surface area contributed by atoms with Crippen molar-refractivity contribution in [1.29, 1.82) is 0 Å². The Hall–Kier alpha value is -0.710. The number of nitrogens with zero attached hydrogens (tertiary/aromatic N) is 1. The summed E-state index contributed by atoms with van der Waals surface area (Å²) < 4.78 is 0. The molecule has 0 bridgehead atoms. The first-order valence-corrected chi connectivity index (χ1v) is 8.62. The SMILES string of the molecule is CCC1(C)NC(c2ccc(Cl)cc2)N(CCSC)C1=O. The minimum absolute atomic E-state index is 0.0585. The van der Waals surface area contributed by atoms with Crippen LogP contribution >= 0.6 is 23.4 Å². The van der Waals surface area contributed by atoms with E-state index in [0.29, 0.717) is 5.02 Å². The molecule has 0 radical (unpaired) electrons. The number of rotatable bonds is 5. The van der Waals surface area contributed by atoms with Crippen LogP contribution in [0.25, 0.3) is 0 Å². The molecule has 1 fully saturated rings. The molecule has 1 aliphatic rings. The summed E-state index contributed by atoms with van der Waals surface area (Å²) in [6.07, 6.45) is 2.78. The van der Waals surface area contributed by atoms with Crippen LogP contribution in [0.3, 0.4) is 0 Å². The average Bonchev–Trinajstić information content (AvgIpc) is 2.71. The fourth-order valence-electron chi connectivity index (χ4n) is 2.46. The summed E-state index contributed by atoms with van der Waals surface area (Å²) in [6, 6.07) is 7.72. The zero-order valence-corrected chi connectivity index (χ0v) is 13.7. The Morgan fingerprint density at radius 3 is 2.60 bits per heavy atom. The van der Waals surface area contributed by atoms with Crippen LogP contribution in [0.15, 0.2) is 24.3 Å². The summed E-state index contributed by atoms with van der Waals surface area (Å²) in [6.45, 7) is 4.79. The number of amides is 1. The predicted molar refractivity (Wildman–Crippen MR) is 86.1 cm³/mol. The van der Waals surface area contributed by atoms with E-state index in [1.54, 1.807) is 11.8 Å². The Morgan fingerprint density at radius 1 is 1.40 bits per heavy atom. The van der Waals surface area contributed by atoms with E-state index in [1.165, 1.54) is 0 Å². The van der Waals surface area contributed by atoms with Gasteiger partial charge in [-0.05, 0) is 37.3 Å². The van der Waals surface area contributed by atoms with Crippen LogP contribution in [0, 0.1) is 0 Å². The van der Waals surface area contributed by atoms with Crippen molar-refractivity contribution in [2.24, 2.45) is 0 Å². The van der Waals surface area contributed by atoms with E-state index >= 15 is 0 Å². The lowest BCUT2D eigenvalue weighted by Crippen LogP contribution is -2.43. The maximum absolute atomic E-state index is 12.6. The van der Waals surface area contributed by atoms with E-state index < -0.39 is 5.54 Å². The minimum Gasteiger partial charge on any atom is -0.320 e. The molecule has 1 saturated heterocycles. The summed E-state index contributed by atoms with van der Waals surface area (Å²) in [7, 11) is 0. The molecule has 3 nitrogen and oxygen atoms in total. The predicted octanol–water partition coefficient (Wildman–Crippen LogP) is 3.30. The van der Waals surface area contributed by atoms with Gasteiger partial charge in [-0.15, -0.1) is 0 Å². The molecule has 2 atom stereocenters. The van der Waals surface area contributed by atoms with Crippen molar-refractivity contribution >= 4 is 29.3 Å². The lowest BCUT2D eigenvalue weighted by atomic mass is 9.99. The van der Waals surface area contributed by atoms with Gasteiger partial charge >= 0.3 is 0 Å². The minimum atomic E-state index is -0.470. The standard InChI is InChI=1S/C15H21ClN2OS/c1-4-15(2)14(19)18(9-10-20-3)13(17-15)11-5-7-12(16)8-6-11/h5-8,13,17H,4,9-10H2,1-3H3. The van der Waals surface area contributed by atoms with Gasteiger partial charge in [0.1, 0.15) is 6.17 Å². The summed E-state index contributed by atoms with van der Waals surface area (Å²) in [5.74, 6) is 1.13. The first-order chi connectivity index (χ1) is 9.51. The van der Waals surface area contributed by atoms with Crippen LogP contribution in [0.2, 0.25) is 5.02 Å². The van der Waals surface area contributed by atoms with Crippen molar-refractivity contribution in [3.05, 3.63) is 34.9 Å². The zero-order chi connectivity index (χ0) is 14.8. The Bertz CT molecular complexity index is 479. The number of carbonyl (C=O) groups excluding carboxylic acids is 1. The van der Waals surface area contributed by atoms with Gasteiger partial charge in [-0.2, -0.15) is 11.8 Å². The first-order valence-electron chi connectivity index (χ1n) is 6.85. The van der Waals surface area contributed by atoms with Gasteiger partial charge in [-0.1, -0.05) is 30.7 Å². The van der Waals surface area contributed by atoms with Crippen molar-refractivity contribution in [2.75, 3.05) is 18.6 Å². The maximum atomic E-state index is 12.6. The first kappa shape index (κ1) is 15.7. The van der Waals surface area contributed by atoms with Gasteiger partial charge in [-0.3, -0.25) is 10.1 Å². The molecule has 0 spiro atoms.